The third kappa shape index (κ3) is 4.75. The molecule has 6 rings (SSSR count). The molecule has 202 valence electrons. The van der Waals surface area contributed by atoms with E-state index < -0.39 is 10.0 Å². The minimum Gasteiger partial charge on any atom is -0.486 e. The fourth-order valence-corrected chi connectivity index (χ4v) is 7.23. The molecule has 9 nitrogen and oxygen atoms in total. The van der Waals surface area contributed by atoms with Gasteiger partial charge in [-0.05, 0) is 74.4 Å². The van der Waals surface area contributed by atoms with Gasteiger partial charge in [0.15, 0.2) is 11.5 Å². The first-order chi connectivity index (χ1) is 18.4. The second kappa shape index (κ2) is 10.2. The number of ether oxygens (including phenoxy) is 2. The van der Waals surface area contributed by atoms with Gasteiger partial charge in [0.05, 0.1) is 4.90 Å². The molecule has 38 heavy (non-hydrogen) atoms. The van der Waals surface area contributed by atoms with Crippen LogP contribution in [0.3, 0.4) is 0 Å². The molecule has 10 heteroatoms. The van der Waals surface area contributed by atoms with Crippen molar-refractivity contribution in [3.8, 4) is 11.5 Å². The molecule has 2 amide bonds. The number of sulfonamides is 1. The third-order valence-corrected chi connectivity index (χ3v) is 10.1. The minimum atomic E-state index is -3.69. The molecule has 0 unspecified atom stereocenters. The highest BCUT2D eigenvalue weighted by molar-refractivity contribution is 7.89. The molecule has 1 saturated heterocycles. The van der Waals surface area contributed by atoms with E-state index >= 15 is 0 Å². The quantitative estimate of drug-likeness (QED) is 0.623. The summed E-state index contributed by atoms with van der Waals surface area (Å²) in [5, 5.41) is 2.94. The van der Waals surface area contributed by atoms with E-state index in [4.69, 9.17) is 9.47 Å². The van der Waals surface area contributed by atoms with Gasteiger partial charge in [-0.25, -0.2) is 8.42 Å². The standard InChI is InChI=1S/C28H33N3O6S/c32-27(29-22-6-9-25-26(18-22)37-16-15-36-25)19-10-13-30(14-11-19)38(34,35)23-7-8-24-21(17-23)5-2-12-31(24)28(33)20-3-1-4-20/h6-9,17-20H,1-5,10-16H2,(H,29,32). The highest BCUT2D eigenvalue weighted by Gasteiger charge is 2.35. The topological polar surface area (TPSA) is 105 Å². The Hall–Kier alpha value is -3.11. The van der Waals surface area contributed by atoms with Crippen LogP contribution in [0, 0.1) is 11.8 Å². The van der Waals surface area contributed by atoms with Crippen molar-refractivity contribution in [2.75, 3.05) is 43.1 Å². The first-order valence-electron chi connectivity index (χ1n) is 13.5. The summed E-state index contributed by atoms with van der Waals surface area (Å²) in [6, 6.07) is 10.5. The molecule has 0 spiro atoms. The average molecular weight is 540 g/mol. The zero-order valence-electron chi connectivity index (χ0n) is 21.4. The SMILES string of the molecule is O=C(Nc1ccc2c(c1)OCCO2)C1CCN(S(=O)(=O)c2ccc3c(c2)CCCN3C(=O)C2CCC2)CC1. The zero-order chi connectivity index (χ0) is 26.3. The van der Waals surface area contributed by atoms with Crippen molar-refractivity contribution < 1.29 is 27.5 Å². The van der Waals surface area contributed by atoms with Gasteiger partial charge < -0.3 is 19.7 Å². The van der Waals surface area contributed by atoms with Gasteiger partial charge in [0.1, 0.15) is 13.2 Å². The van der Waals surface area contributed by atoms with Crippen molar-refractivity contribution in [2.24, 2.45) is 11.8 Å². The minimum absolute atomic E-state index is 0.109. The van der Waals surface area contributed by atoms with Crippen LogP contribution in [0.25, 0.3) is 0 Å². The molecule has 4 aliphatic rings. The maximum absolute atomic E-state index is 13.5. The van der Waals surface area contributed by atoms with Crippen molar-refractivity contribution in [3.63, 3.8) is 0 Å². The van der Waals surface area contributed by atoms with E-state index in [1.807, 2.05) is 4.90 Å². The second-order valence-corrected chi connectivity index (χ2v) is 12.5. The molecule has 0 bridgehead atoms. The van der Waals surface area contributed by atoms with E-state index in [0.29, 0.717) is 49.8 Å². The number of nitrogens with one attached hydrogen (secondary N) is 1. The lowest BCUT2D eigenvalue weighted by Crippen LogP contribution is -2.42. The molecule has 0 atom stereocenters. The van der Waals surface area contributed by atoms with Gasteiger partial charge in [-0.1, -0.05) is 6.42 Å². The fourth-order valence-electron chi connectivity index (χ4n) is 5.71. The van der Waals surface area contributed by atoms with Crippen LogP contribution in [0.4, 0.5) is 11.4 Å². The molecular formula is C28H33N3O6S. The molecule has 1 N–H and O–H groups in total. The van der Waals surface area contributed by atoms with E-state index in [1.54, 1.807) is 36.4 Å². The Kier molecular flexibility index (Phi) is 6.77. The number of piperidine rings is 1. The fraction of sp³-hybridized carbons (Fsp3) is 0.500. The number of benzene rings is 2. The van der Waals surface area contributed by atoms with Gasteiger partial charge in [0.25, 0.3) is 0 Å². The Morgan fingerprint density at radius 1 is 0.842 bits per heavy atom. The Balaban J connectivity index is 1.09. The largest absolute Gasteiger partial charge is 0.486 e. The number of rotatable bonds is 5. The van der Waals surface area contributed by atoms with Crippen LogP contribution in [0.15, 0.2) is 41.3 Å². The van der Waals surface area contributed by atoms with Gasteiger partial charge in [-0.2, -0.15) is 4.31 Å². The predicted molar refractivity (Wildman–Crippen MR) is 142 cm³/mol. The number of fused-ring (bicyclic) bond motifs is 2. The normalized spacial score (nSPS) is 20.4. The molecule has 3 heterocycles. The Morgan fingerprint density at radius 3 is 2.34 bits per heavy atom. The number of hydrogen-bond donors (Lipinski definition) is 1. The Morgan fingerprint density at radius 2 is 1.61 bits per heavy atom. The van der Waals surface area contributed by atoms with E-state index in [1.165, 1.54) is 4.31 Å². The van der Waals surface area contributed by atoms with Crippen LogP contribution in [0.1, 0.15) is 44.1 Å². The van der Waals surface area contributed by atoms with Crippen molar-refractivity contribution in [1.29, 1.82) is 0 Å². The molecule has 3 aliphatic heterocycles. The lowest BCUT2D eigenvalue weighted by molar-refractivity contribution is -0.124. The lowest BCUT2D eigenvalue weighted by Gasteiger charge is -2.35. The Labute approximate surface area is 223 Å². The van der Waals surface area contributed by atoms with E-state index in [9.17, 15) is 18.0 Å². The van der Waals surface area contributed by atoms with E-state index in [-0.39, 0.29) is 41.6 Å². The summed E-state index contributed by atoms with van der Waals surface area (Å²) in [6.07, 6.45) is 5.48. The van der Waals surface area contributed by atoms with Crippen LogP contribution in [0.2, 0.25) is 0 Å². The summed E-state index contributed by atoms with van der Waals surface area (Å²) < 4.78 is 39.5. The van der Waals surface area contributed by atoms with Gasteiger partial charge in [0.2, 0.25) is 21.8 Å². The van der Waals surface area contributed by atoms with Crippen LogP contribution in [0.5, 0.6) is 11.5 Å². The van der Waals surface area contributed by atoms with Crippen LogP contribution in [-0.2, 0) is 26.0 Å². The maximum Gasteiger partial charge on any atom is 0.243 e. The number of nitrogens with zero attached hydrogens (tertiary/aromatic N) is 2. The van der Waals surface area contributed by atoms with Gasteiger partial charge in [0, 0.05) is 48.9 Å². The summed E-state index contributed by atoms with van der Waals surface area (Å²) in [5.74, 6) is 1.15. The molecule has 0 aromatic heterocycles. The van der Waals surface area contributed by atoms with Crippen molar-refractivity contribution in [2.45, 2.75) is 49.8 Å². The van der Waals surface area contributed by atoms with E-state index in [2.05, 4.69) is 5.32 Å². The second-order valence-electron chi connectivity index (χ2n) is 10.5. The number of anilines is 2. The van der Waals surface area contributed by atoms with Crippen molar-refractivity contribution in [1.82, 2.24) is 4.31 Å². The maximum atomic E-state index is 13.5. The first kappa shape index (κ1) is 25.2. The molecule has 1 aliphatic carbocycles. The number of hydrogen-bond acceptors (Lipinski definition) is 6. The van der Waals surface area contributed by atoms with Gasteiger partial charge >= 0.3 is 0 Å². The number of carbonyl (C=O) groups is 2. The summed E-state index contributed by atoms with van der Waals surface area (Å²) in [6.45, 7) is 2.23. The number of amides is 2. The predicted octanol–water partition coefficient (Wildman–Crippen LogP) is 3.58. The zero-order valence-corrected chi connectivity index (χ0v) is 22.2. The summed E-state index contributed by atoms with van der Waals surface area (Å²) in [7, 11) is -3.69. The lowest BCUT2D eigenvalue weighted by atomic mass is 9.83. The smallest absolute Gasteiger partial charge is 0.243 e. The molecule has 2 aromatic rings. The Bertz CT molecular complexity index is 1350. The van der Waals surface area contributed by atoms with Crippen molar-refractivity contribution >= 4 is 33.2 Å². The monoisotopic (exact) mass is 539 g/mol. The van der Waals surface area contributed by atoms with Crippen LogP contribution < -0.4 is 19.7 Å². The van der Waals surface area contributed by atoms with Crippen LogP contribution in [-0.4, -0.2) is 57.4 Å². The number of carbonyl (C=O) groups excluding carboxylic acids is 2. The van der Waals surface area contributed by atoms with Crippen LogP contribution >= 0.6 is 0 Å². The first-order valence-corrected chi connectivity index (χ1v) is 15.0. The highest BCUT2D eigenvalue weighted by Crippen LogP contribution is 2.36. The molecule has 2 aromatic carbocycles. The highest BCUT2D eigenvalue weighted by atomic mass is 32.2. The molecule has 1 saturated carbocycles. The molecular weight excluding hydrogens is 506 g/mol. The number of aryl methyl sites for hydroxylation is 1. The van der Waals surface area contributed by atoms with Crippen molar-refractivity contribution in [3.05, 3.63) is 42.0 Å². The molecule has 0 radical (unpaired) electrons. The summed E-state index contributed by atoms with van der Waals surface area (Å²) in [5.41, 5.74) is 2.40. The van der Waals surface area contributed by atoms with Gasteiger partial charge in [-0.15, -0.1) is 0 Å². The average Bonchev–Trinajstić information content (AvgIpc) is 2.91. The molecule has 2 fully saturated rings. The summed E-state index contributed by atoms with van der Waals surface area (Å²) in [4.78, 5) is 27.9. The summed E-state index contributed by atoms with van der Waals surface area (Å²) >= 11 is 0. The van der Waals surface area contributed by atoms with Gasteiger partial charge in [-0.3, -0.25) is 9.59 Å². The van der Waals surface area contributed by atoms with E-state index in [0.717, 1.165) is 43.4 Å². The third-order valence-electron chi connectivity index (χ3n) is 8.16.